The zero-order valence-corrected chi connectivity index (χ0v) is 6.45. The maximum Gasteiger partial charge on any atom is 0.115 e. The summed E-state index contributed by atoms with van der Waals surface area (Å²) in [5.74, 6) is 6.41. The summed E-state index contributed by atoms with van der Waals surface area (Å²) >= 11 is 0. The molecule has 9 heavy (non-hydrogen) atoms. The minimum absolute atomic E-state index is 0.170. The maximum atomic E-state index is 9.13. The fraction of sp³-hybridized carbons (Fsp3) is 1.00. The lowest BCUT2D eigenvalue weighted by Crippen LogP contribution is -2.37. The van der Waals surface area contributed by atoms with Crippen LogP contribution in [0.15, 0.2) is 0 Å². The summed E-state index contributed by atoms with van der Waals surface area (Å²) in [6.07, 6.45) is -0.558. The van der Waals surface area contributed by atoms with Crippen LogP contribution in [-0.4, -0.2) is 28.8 Å². The Hall–Kier alpha value is 0.580. The molecule has 0 aromatic heterocycles. The van der Waals surface area contributed by atoms with Crippen LogP contribution >= 0.6 is 21.6 Å². The molecule has 2 unspecified atom stereocenters. The Balaban J connectivity index is 2.30. The first-order valence-corrected chi connectivity index (χ1v) is 5.11. The largest absolute Gasteiger partial charge is 0.389 e. The molecular formula is C4H9NO2S2. The molecule has 3 nitrogen and oxygen atoms in total. The van der Waals surface area contributed by atoms with Gasteiger partial charge in [0.1, 0.15) is 6.10 Å². The molecule has 1 heterocycles. The molecule has 5 heteroatoms. The van der Waals surface area contributed by atoms with Crippen molar-refractivity contribution < 1.29 is 9.94 Å². The highest BCUT2D eigenvalue weighted by Gasteiger charge is 2.23. The zero-order valence-electron chi connectivity index (χ0n) is 4.82. The van der Waals surface area contributed by atoms with E-state index in [9.17, 15) is 0 Å². The number of nitrogens with two attached hydrogens (primary N) is 1. The second kappa shape index (κ2) is 3.68. The van der Waals surface area contributed by atoms with Gasteiger partial charge in [-0.15, -0.1) is 0 Å². The highest BCUT2D eigenvalue weighted by Crippen LogP contribution is 2.30. The summed E-state index contributed by atoms with van der Waals surface area (Å²) in [5, 5.41) is 9.13. The van der Waals surface area contributed by atoms with Gasteiger partial charge in [0.05, 0.1) is 6.10 Å². The van der Waals surface area contributed by atoms with Crippen LogP contribution in [0.4, 0.5) is 0 Å². The summed E-state index contributed by atoms with van der Waals surface area (Å²) < 4.78 is 0. The molecule has 54 valence electrons. The normalized spacial score (nSPS) is 36.7. The number of aliphatic hydroxyl groups excluding tert-OH is 1. The topological polar surface area (TPSA) is 55.5 Å². The third kappa shape index (κ3) is 2.01. The minimum Gasteiger partial charge on any atom is -0.389 e. The van der Waals surface area contributed by atoms with Crippen molar-refractivity contribution in [1.29, 1.82) is 0 Å². The number of aliphatic hydroxyl groups is 1. The molecule has 0 bridgehead atoms. The molecule has 2 atom stereocenters. The summed E-state index contributed by atoms with van der Waals surface area (Å²) in [5.41, 5.74) is 0. The van der Waals surface area contributed by atoms with Crippen molar-refractivity contribution in [1.82, 2.24) is 0 Å². The molecule has 1 rings (SSSR count). The lowest BCUT2D eigenvalue weighted by atomic mass is 10.3. The van der Waals surface area contributed by atoms with Gasteiger partial charge in [0, 0.05) is 11.5 Å². The van der Waals surface area contributed by atoms with Crippen LogP contribution in [-0.2, 0) is 4.84 Å². The predicted molar refractivity (Wildman–Crippen MR) is 40.0 cm³/mol. The first kappa shape index (κ1) is 7.68. The van der Waals surface area contributed by atoms with Gasteiger partial charge >= 0.3 is 0 Å². The number of rotatable bonds is 1. The lowest BCUT2D eigenvalue weighted by molar-refractivity contribution is -0.0148. The van der Waals surface area contributed by atoms with E-state index < -0.39 is 0 Å². The smallest absolute Gasteiger partial charge is 0.115 e. The van der Waals surface area contributed by atoms with Crippen LogP contribution in [0.3, 0.4) is 0 Å². The van der Waals surface area contributed by atoms with Crippen LogP contribution in [0.25, 0.3) is 0 Å². The van der Waals surface area contributed by atoms with Gasteiger partial charge in [-0.25, -0.2) is 5.90 Å². The molecule has 0 aromatic carbocycles. The molecule has 3 N–H and O–H groups in total. The molecule has 0 spiro atoms. The Morgan fingerprint density at radius 2 is 2.11 bits per heavy atom. The number of hydrogen-bond acceptors (Lipinski definition) is 5. The molecule has 1 fully saturated rings. The Kier molecular flexibility index (Phi) is 3.14. The SMILES string of the molecule is NOC1CSSCC1O. The summed E-state index contributed by atoms with van der Waals surface area (Å²) in [6, 6.07) is 0. The molecule has 0 aromatic rings. The van der Waals surface area contributed by atoms with Gasteiger partial charge in [-0.2, -0.15) is 0 Å². The molecular weight excluding hydrogens is 158 g/mol. The molecule has 1 saturated heterocycles. The lowest BCUT2D eigenvalue weighted by Gasteiger charge is -2.23. The fourth-order valence-corrected chi connectivity index (χ4v) is 2.96. The standard InChI is InChI=1S/C4H9NO2S2/c5-7-4-2-9-8-1-3(4)6/h3-4,6H,1-2,5H2. The monoisotopic (exact) mass is 167 g/mol. The Morgan fingerprint density at radius 1 is 1.44 bits per heavy atom. The summed E-state index contributed by atoms with van der Waals surface area (Å²) in [6.45, 7) is 0. The molecule has 1 aliphatic rings. The van der Waals surface area contributed by atoms with E-state index in [-0.39, 0.29) is 12.2 Å². The van der Waals surface area contributed by atoms with Crippen LogP contribution < -0.4 is 5.90 Å². The van der Waals surface area contributed by atoms with E-state index in [1.54, 1.807) is 21.6 Å². The van der Waals surface area contributed by atoms with Crippen LogP contribution in [0.5, 0.6) is 0 Å². The first-order chi connectivity index (χ1) is 4.34. The molecule has 1 aliphatic heterocycles. The highest BCUT2D eigenvalue weighted by molar-refractivity contribution is 8.76. The van der Waals surface area contributed by atoms with Crippen LogP contribution in [0.2, 0.25) is 0 Å². The van der Waals surface area contributed by atoms with Crippen LogP contribution in [0.1, 0.15) is 0 Å². The van der Waals surface area contributed by atoms with Gasteiger partial charge < -0.3 is 5.11 Å². The van der Waals surface area contributed by atoms with Gasteiger partial charge in [-0.3, -0.25) is 4.84 Å². The van der Waals surface area contributed by atoms with Crippen molar-refractivity contribution >= 4 is 21.6 Å². The van der Waals surface area contributed by atoms with E-state index in [1.807, 2.05) is 0 Å². The second-order valence-corrected chi connectivity index (χ2v) is 4.36. The fourth-order valence-electron chi connectivity index (χ4n) is 0.581. The van der Waals surface area contributed by atoms with E-state index in [0.717, 1.165) is 5.75 Å². The summed E-state index contributed by atoms with van der Waals surface area (Å²) in [4.78, 5) is 4.52. The van der Waals surface area contributed by atoms with Crippen molar-refractivity contribution in [3.8, 4) is 0 Å². The summed E-state index contributed by atoms with van der Waals surface area (Å²) in [7, 11) is 3.34. The Labute approximate surface area is 61.7 Å². The van der Waals surface area contributed by atoms with Gasteiger partial charge in [0.2, 0.25) is 0 Å². The maximum absolute atomic E-state index is 9.13. The molecule has 0 radical (unpaired) electrons. The van der Waals surface area contributed by atoms with Crippen molar-refractivity contribution in [2.75, 3.05) is 11.5 Å². The van der Waals surface area contributed by atoms with Gasteiger partial charge in [-0.1, -0.05) is 21.6 Å². The van der Waals surface area contributed by atoms with E-state index in [1.165, 1.54) is 0 Å². The van der Waals surface area contributed by atoms with Gasteiger partial charge in [0.25, 0.3) is 0 Å². The zero-order chi connectivity index (χ0) is 6.69. The van der Waals surface area contributed by atoms with Crippen molar-refractivity contribution in [3.63, 3.8) is 0 Å². The van der Waals surface area contributed by atoms with E-state index in [4.69, 9.17) is 11.0 Å². The van der Waals surface area contributed by atoms with E-state index in [2.05, 4.69) is 4.84 Å². The Bertz CT molecular complexity index is 92.6. The average molecular weight is 167 g/mol. The third-order valence-electron chi connectivity index (χ3n) is 1.16. The first-order valence-electron chi connectivity index (χ1n) is 2.62. The third-order valence-corrected chi connectivity index (χ3v) is 3.58. The molecule has 0 saturated carbocycles. The quantitative estimate of drug-likeness (QED) is 0.425. The second-order valence-electron chi connectivity index (χ2n) is 1.81. The van der Waals surface area contributed by atoms with Crippen LogP contribution in [0, 0.1) is 0 Å². The van der Waals surface area contributed by atoms with Gasteiger partial charge in [0.15, 0.2) is 0 Å². The Morgan fingerprint density at radius 3 is 2.56 bits per heavy atom. The molecule has 0 amide bonds. The minimum atomic E-state index is -0.388. The van der Waals surface area contributed by atoms with Crippen molar-refractivity contribution in [3.05, 3.63) is 0 Å². The van der Waals surface area contributed by atoms with E-state index in [0.29, 0.717) is 5.75 Å². The van der Waals surface area contributed by atoms with Crippen molar-refractivity contribution in [2.45, 2.75) is 12.2 Å². The van der Waals surface area contributed by atoms with Gasteiger partial charge in [-0.05, 0) is 0 Å². The number of hydrogen-bond donors (Lipinski definition) is 2. The highest BCUT2D eigenvalue weighted by atomic mass is 33.1. The van der Waals surface area contributed by atoms with E-state index >= 15 is 0 Å². The molecule has 0 aliphatic carbocycles. The predicted octanol–water partition coefficient (Wildman–Crippen LogP) is 0.00120. The van der Waals surface area contributed by atoms with Crippen molar-refractivity contribution in [2.24, 2.45) is 5.90 Å². The average Bonchev–Trinajstić information content (AvgIpc) is 1.89.